The number of likely N-dealkylation sites (tertiary alicyclic amines) is 1. The quantitative estimate of drug-likeness (QED) is 0.863. The third kappa shape index (κ3) is 3.55. The van der Waals surface area contributed by atoms with Crippen molar-refractivity contribution in [1.29, 1.82) is 0 Å². The molecule has 1 heterocycles. The third-order valence-electron chi connectivity index (χ3n) is 3.90. The topological polar surface area (TPSA) is 29.3 Å². The number of piperidine rings is 1. The molecule has 0 spiro atoms. The van der Waals surface area contributed by atoms with Crippen molar-refractivity contribution in [3.63, 3.8) is 0 Å². The van der Waals surface area contributed by atoms with Crippen LogP contribution in [-0.2, 0) is 6.42 Å². The van der Waals surface area contributed by atoms with Gasteiger partial charge in [-0.25, -0.2) is 0 Å². The fourth-order valence-electron chi connectivity index (χ4n) is 2.76. The van der Waals surface area contributed by atoms with E-state index < -0.39 is 0 Å². The van der Waals surface area contributed by atoms with Crippen LogP contribution in [0.15, 0.2) is 30.3 Å². The number of hydrogen-bond donors (Lipinski definition) is 1. The molecule has 1 aliphatic heterocycles. The lowest BCUT2D eigenvalue weighted by molar-refractivity contribution is 0.124. The average molecular weight is 232 g/mol. The van der Waals surface area contributed by atoms with Gasteiger partial charge in [0.2, 0.25) is 0 Å². The van der Waals surface area contributed by atoms with Crippen molar-refractivity contribution < 1.29 is 0 Å². The van der Waals surface area contributed by atoms with E-state index >= 15 is 0 Å². The molecule has 0 aromatic heterocycles. The molecular formula is C15H24N2. The molecule has 2 atom stereocenters. The van der Waals surface area contributed by atoms with Crippen LogP contribution in [0.25, 0.3) is 0 Å². The molecular weight excluding hydrogens is 208 g/mol. The summed E-state index contributed by atoms with van der Waals surface area (Å²) in [5.74, 6) is 0.844. The SMILES string of the molecule is CC1CCN(CCc2ccccc2)C(CN)C1. The Labute approximate surface area is 105 Å². The van der Waals surface area contributed by atoms with E-state index in [1.807, 2.05) is 0 Å². The molecule has 1 aliphatic rings. The minimum absolute atomic E-state index is 0.600. The Hall–Kier alpha value is -0.860. The van der Waals surface area contributed by atoms with Crippen molar-refractivity contribution in [2.45, 2.75) is 32.2 Å². The van der Waals surface area contributed by atoms with Gasteiger partial charge < -0.3 is 5.73 Å². The molecule has 17 heavy (non-hydrogen) atoms. The Morgan fingerprint density at radius 1 is 1.29 bits per heavy atom. The highest BCUT2D eigenvalue weighted by atomic mass is 15.2. The summed E-state index contributed by atoms with van der Waals surface area (Å²) >= 11 is 0. The first-order valence-corrected chi connectivity index (χ1v) is 6.77. The molecule has 0 bridgehead atoms. The van der Waals surface area contributed by atoms with E-state index in [9.17, 15) is 0 Å². The van der Waals surface area contributed by atoms with Crippen molar-refractivity contribution in [1.82, 2.24) is 4.90 Å². The van der Waals surface area contributed by atoms with Gasteiger partial charge in [0.1, 0.15) is 0 Å². The van der Waals surface area contributed by atoms with Gasteiger partial charge in [-0.2, -0.15) is 0 Å². The van der Waals surface area contributed by atoms with Crippen molar-refractivity contribution in [2.24, 2.45) is 11.7 Å². The van der Waals surface area contributed by atoms with Gasteiger partial charge in [0.15, 0.2) is 0 Å². The molecule has 94 valence electrons. The predicted octanol–water partition coefficient (Wildman–Crippen LogP) is 2.29. The van der Waals surface area contributed by atoms with Gasteiger partial charge in [-0.3, -0.25) is 4.90 Å². The van der Waals surface area contributed by atoms with Crippen LogP contribution >= 0.6 is 0 Å². The predicted molar refractivity (Wildman–Crippen MR) is 73.0 cm³/mol. The molecule has 1 saturated heterocycles. The second kappa shape index (κ2) is 6.18. The zero-order valence-corrected chi connectivity index (χ0v) is 10.8. The molecule has 0 radical (unpaired) electrons. The number of nitrogens with zero attached hydrogens (tertiary/aromatic N) is 1. The van der Waals surface area contributed by atoms with Gasteiger partial charge in [0, 0.05) is 19.1 Å². The molecule has 1 fully saturated rings. The Morgan fingerprint density at radius 2 is 2.06 bits per heavy atom. The largest absolute Gasteiger partial charge is 0.329 e. The maximum atomic E-state index is 5.88. The van der Waals surface area contributed by atoms with Crippen LogP contribution in [0.4, 0.5) is 0 Å². The molecule has 1 aromatic carbocycles. The molecule has 0 aliphatic carbocycles. The van der Waals surface area contributed by atoms with Crippen LogP contribution in [0.2, 0.25) is 0 Å². The second-order valence-electron chi connectivity index (χ2n) is 5.29. The lowest BCUT2D eigenvalue weighted by Gasteiger charge is -2.38. The number of rotatable bonds is 4. The zero-order chi connectivity index (χ0) is 12.1. The first-order chi connectivity index (χ1) is 8.29. The van der Waals surface area contributed by atoms with Gasteiger partial charge in [-0.1, -0.05) is 37.3 Å². The van der Waals surface area contributed by atoms with E-state index in [1.54, 1.807) is 0 Å². The van der Waals surface area contributed by atoms with Crippen LogP contribution in [0.5, 0.6) is 0 Å². The van der Waals surface area contributed by atoms with Crippen molar-refractivity contribution >= 4 is 0 Å². The fourth-order valence-corrected chi connectivity index (χ4v) is 2.76. The Morgan fingerprint density at radius 3 is 2.76 bits per heavy atom. The summed E-state index contributed by atoms with van der Waals surface area (Å²) in [4.78, 5) is 2.58. The number of benzene rings is 1. The molecule has 0 amide bonds. The second-order valence-corrected chi connectivity index (χ2v) is 5.29. The van der Waals surface area contributed by atoms with Crippen LogP contribution in [-0.4, -0.2) is 30.6 Å². The van der Waals surface area contributed by atoms with E-state index in [0.717, 1.165) is 25.4 Å². The maximum absolute atomic E-state index is 5.88. The number of hydrogen-bond acceptors (Lipinski definition) is 2. The number of nitrogens with two attached hydrogens (primary N) is 1. The van der Waals surface area contributed by atoms with Gasteiger partial charge in [-0.15, -0.1) is 0 Å². The minimum atomic E-state index is 0.600. The van der Waals surface area contributed by atoms with Gasteiger partial charge >= 0.3 is 0 Å². The van der Waals surface area contributed by atoms with Crippen molar-refractivity contribution in [3.05, 3.63) is 35.9 Å². The maximum Gasteiger partial charge on any atom is 0.0221 e. The van der Waals surface area contributed by atoms with Crippen LogP contribution in [0, 0.1) is 5.92 Å². The highest BCUT2D eigenvalue weighted by Gasteiger charge is 2.24. The third-order valence-corrected chi connectivity index (χ3v) is 3.90. The Kier molecular flexibility index (Phi) is 4.57. The summed E-state index contributed by atoms with van der Waals surface area (Å²) in [6, 6.07) is 11.3. The lowest BCUT2D eigenvalue weighted by atomic mass is 9.92. The summed E-state index contributed by atoms with van der Waals surface area (Å²) in [5, 5.41) is 0. The normalized spacial score (nSPS) is 26.0. The lowest BCUT2D eigenvalue weighted by Crippen LogP contribution is -2.46. The molecule has 2 rings (SSSR count). The fraction of sp³-hybridized carbons (Fsp3) is 0.600. The highest BCUT2D eigenvalue weighted by molar-refractivity contribution is 5.14. The smallest absolute Gasteiger partial charge is 0.0221 e. The summed E-state index contributed by atoms with van der Waals surface area (Å²) in [6.45, 7) is 5.52. The van der Waals surface area contributed by atoms with E-state index in [4.69, 9.17) is 5.73 Å². The molecule has 0 saturated carbocycles. The monoisotopic (exact) mass is 232 g/mol. The Balaban J connectivity index is 1.85. The summed E-state index contributed by atoms with van der Waals surface area (Å²) in [7, 11) is 0. The summed E-state index contributed by atoms with van der Waals surface area (Å²) in [5.41, 5.74) is 7.32. The molecule has 2 unspecified atom stereocenters. The van der Waals surface area contributed by atoms with E-state index in [0.29, 0.717) is 6.04 Å². The van der Waals surface area contributed by atoms with Gasteiger partial charge in [0.25, 0.3) is 0 Å². The van der Waals surface area contributed by atoms with Crippen LogP contribution in [0.3, 0.4) is 0 Å². The Bertz CT molecular complexity index is 323. The zero-order valence-electron chi connectivity index (χ0n) is 10.8. The van der Waals surface area contributed by atoms with Crippen molar-refractivity contribution in [2.75, 3.05) is 19.6 Å². The van der Waals surface area contributed by atoms with E-state index in [-0.39, 0.29) is 0 Å². The summed E-state index contributed by atoms with van der Waals surface area (Å²) in [6.07, 6.45) is 3.74. The first kappa shape index (κ1) is 12.6. The van der Waals surface area contributed by atoms with Gasteiger partial charge in [0.05, 0.1) is 0 Å². The molecule has 2 N–H and O–H groups in total. The van der Waals surface area contributed by atoms with Crippen molar-refractivity contribution in [3.8, 4) is 0 Å². The van der Waals surface area contributed by atoms with Gasteiger partial charge in [-0.05, 0) is 37.3 Å². The van der Waals surface area contributed by atoms with E-state index in [2.05, 4.69) is 42.2 Å². The molecule has 1 aromatic rings. The average Bonchev–Trinajstić information content (AvgIpc) is 2.38. The summed E-state index contributed by atoms with van der Waals surface area (Å²) < 4.78 is 0. The molecule has 2 heteroatoms. The van der Waals surface area contributed by atoms with E-state index in [1.165, 1.54) is 24.9 Å². The van der Waals surface area contributed by atoms with Crippen LogP contribution < -0.4 is 5.73 Å². The first-order valence-electron chi connectivity index (χ1n) is 6.77. The molecule has 2 nitrogen and oxygen atoms in total. The highest BCUT2D eigenvalue weighted by Crippen LogP contribution is 2.21. The standard InChI is InChI=1S/C15H24N2/c1-13-7-9-17(15(11-13)12-16)10-8-14-5-3-2-4-6-14/h2-6,13,15H,7-12,16H2,1H3. The van der Waals surface area contributed by atoms with Crippen LogP contribution in [0.1, 0.15) is 25.3 Å². The minimum Gasteiger partial charge on any atom is -0.329 e.